The van der Waals surface area contributed by atoms with Crippen molar-refractivity contribution in [2.24, 2.45) is 5.84 Å². The Hall–Kier alpha value is -0.430. The molecule has 17 heavy (non-hydrogen) atoms. The van der Waals surface area contributed by atoms with E-state index >= 15 is 0 Å². The summed E-state index contributed by atoms with van der Waals surface area (Å²) in [6.45, 7) is 4.23. The van der Waals surface area contributed by atoms with Crippen molar-refractivity contribution in [3.63, 3.8) is 0 Å². The molecule has 90 valence electrons. The van der Waals surface area contributed by atoms with E-state index in [-0.39, 0.29) is 6.04 Å². The van der Waals surface area contributed by atoms with Crippen molar-refractivity contribution in [3.8, 4) is 0 Å². The smallest absolute Gasteiger partial charge is 0.0721 e. The fourth-order valence-corrected chi connectivity index (χ4v) is 3.31. The summed E-state index contributed by atoms with van der Waals surface area (Å²) in [5, 5.41) is 2.16. The van der Waals surface area contributed by atoms with Gasteiger partial charge in [0.1, 0.15) is 0 Å². The van der Waals surface area contributed by atoms with Crippen molar-refractivity contribution in [1.82, 2.24) is 5.43 Å². The number of hydrazine groups is 1. The minimum Gasteiger partial charge on any atom is -0.271 e. The van der Waals surface area contributed by atoms with Crippen LogP contribution in [0.2, 0.25) is 0 Å². The van der Waals surface area contributed by atoms with Crippen LogP contribution in [0, 0.1) is 16.7 Å². The van der Waals surface area contributed by atoms with E-state index in [1.54, 1.807) is 11.3 Å². The van der Waals surface area contributed by atoms with Gasteiger partial charge in [0.25, 0.3) is 0 Å². The zero-order valence-corrected chi connectivity index (χ0v) is 12.8. The molecule has 1 atom stereocenters. The van der Waals surface area contributed by atoms with E-state index in [2.05, 4.69) is 71.5 Å². The Balaban J connectivity index is 2.45. The number of nitrogens with two attached hydrogens (primary N) is 1. The van der Waals surface area contributed by atoms with Gasteiger partial charge in [-0.1, -0.05) is 23.8 Å². The van der Waals surface area contributed by atoms with Crippen molar-refractivity contribution in [3.05, 3.63) is 54.8 Å². The normalized spacial score (nSPS) is 12.7. The van der Waals surface area contributed by atoms with E-state index < -0.39 is 0 Å². The third-order valence-corrected chi connectivity index (χ3v) is 4.64. The Morgan fingerprint density at radius 3 is 2.65 bits per heavy atom. The Morgan fingerprint density at radius 2 is 2.06 bits per heavy atom. The fourth-order valence-electron chi connectivity index (χ4n) is 1.91. The highest BCUT2D eigenvalue weighted by Crippen LogP contribution is 2.29. The molecule has 0 saturated heterocycles. The van der Waals surface area contributed by atoms with E-state index in [0.717, 1.165) is 0 Å². The third kappa shape index (κ3) is 2.88. The second-order valence-electron chi connectivity index (χ2n) is 4.14. The summed E-state index contributed by atoms with van der Waals surface area (Å²) in [7, 11) is 0. The lowest BCUT2D eigenvalue weighted by Crippen LogP contribution is -2.29. The summed E-state index contributed by atoms with van der Waals surface area (Å²) >= 11 is 4.08. The molecule has 0 aliphatic heterocycles. The Labute approximate surface area is 119 Å². The van der Waals surface area contributed by atoms with Gasteiger partial charge in [0.15, 0.2) is 0 Å². The molecule has 0 fully saturated rings. The van der Waals surface area contributed by atoms with Crippen LogP contribution in [0.1, 0.15) is 28.3 Å². The maximum absolute atomic E-state index is 5.72. The molecule has 3 N–H and O–H groups in total. The van der Waals surface area contributed by atoms with Gasteiger partial charge in [0.2, 0.25) is 0 Å². The Morgan fingerprint density at radius 1 is 1.29 bits per heavy atom. The first-order chi connectivity index (χ1) is 8.11. The first-order valence-corrected chi connectivity index (χ1v) is 7.35. The number of benzene rings is 1. The molecular formula is C13H15IN2S. The lowest BCUT2D eigenvalue weighted by atomic mass is 9.96. The van der Waals surface area contributed by atoms with Crippen LogP contribution in [0.4, 0.5) is 0 Å². The molecule has 1 aromatic carbocycles. The van der Waals surface area contributed by atoms with Crippen LogP contribution in [0.3, 0.4) is 0 Å². The van der Waals surface area contributed by atoms with Crippen LogP contribution < -0.4 is 11.3 Å². The first-order valence-electron chi connectivity index (χ1n) is 5.39. The first kappa shape index (κ1) is 13.0. The Kier molecular flexibility index (Phi) is 4.19. The number of hydrogen-bond acceptors (Lipinski definition) is 3. The quantitative estimate of drug-likeness (QED) is 0.501. The highest BCUT2D eigenvalue weighted by Gasteiger charge is 2.16. The van der Waals surface area contributed by atoms with Crippen molar-refractivity contribution >= 4 is 33.9 Å². The van der Waals surface area contributed by atoms with E-state index in [1.807, 2.05) is 0 Å². The molecule has 0 aliphatic rings. The highest BCUT2D eigenvalue weighted by atomic mass is 127. The van der Waals surface area contributed by atoms with Gasteiger partial charge in [-0.3, -0.25) is 5.84 Å². The zero-order valence-electron chi connectivity index (χ0n) is 9.83. The van der Waals surface area contributed by atoms with E-state index in [4.69, 9.17) is 5.84 Å². The summed E-state index contributed by atoms with van der Waals surface area (Å²) < 4.78 is 1.28. The Bertz CT molecular complexity index is 522. The van der Waals surface area contributed by atoms with E-state index in [0.29, 0.717) is 0 Å². The molecule has 4 heteroatoms. The number of thiophene rings is 1. The second-order valence-corrected chi connectivity index (χ2v) is 6.95. The molecule has 2 rings (SSSR count). The minimum atomic E-state index is 0.0784. The largest absolute Gasteiger partial charge is 0.271 e. The highest BCUT2D eigenvalue weighted by molar-refractivity contribution is 14.1. The summed E-state index contributed by atoms with van der Waals surface area (Å²) in [6, 6.07) is 8.73. The molecule has 2 aromatic rings. The van der Waals surface area contributed by atoms with Crippen molar-refractivity contribution in [2.75, 3.05) is 0 Å². The number of hydrogen-bond donors (Lipinski definition) is 2. The summed E-state index contributed by atoms with van der Waals surface area (Å²) in [5.41, 5.74) is 7.93. The predicted octanol–water partition coefficient (Wildman–Crippen LogP) is 3.52. The SMILES string of the molecule is Cc1ccc(C)c(C(NN)c2csc(I)c2)c1. The average Bonchev–Trinajstić information content (AvgIpc) is 2.71. The molecule has 1 heterocycles. The topological polar surface area (TPSA) is 38.0 Å². The molecule has 0 saturated carbocycles. The van der Waals surface area contributed by atoms with Gasteiger partial charge in [-0.15, -0.1) is 11.3 Å². The number of halogens is 1. The van der Waals surface area contributed by atoms with Gasteiger partial charge >= 0.3 is 0 Å². The molecule has 0 aliphatic carbocycles. The maximum atomic E-state index is 5.72. The second kappa shape index (κ2) is 5.48. The van der Waals surface area contributed by atoms with E-state index in [9.17, 15) is 0 Å². The summed E-state index contributed by atoms with van der Waals surface area (Å²) in [4.78, 5) is 0. The van der Waals surface area contributed by atoms with Gasteiger partial charge < -0.3 is 0 Å². The van der Waals surface area contributed by atoms with E-state index in [1.165, 1.54) is 25.1 Å². The van der Waals surface area contributed by atoms with Gasteiger partial charge in [-0.2, -0.15) is 0 Å². The van der Waals surface area contributed by atoms with Gasteiger partial charge in [0.05, 0.1) is 8.93 Å². The molecule has 1 unspecified atom stereocenters. The van der Waals surface area contributed by atoms with Crippen molar-refractivity contribution in [1.29, 1.82) is 0 Å². The molecular weight excluding hydrogens is 343 g/mol. The maximum Gasteiger partial charge on any atom is 0.0721 e. The van der Waals surface area contributed by atoms with Crippen LogP contribution >= 0.6 is 33.9 Å². The summed E-state index contributed by atoms with van der Waals surface area (Å²) in [6.07, 6.45) is 0. The van der Waals surface area contributed by atoms with Gasteiger partial charge in [-0.05, 0) is 64.6 Å². The molecule has 2 nitrogen and oxygen atoms in total. The fraction of sp³-hybridized carbons (Fsp3) is 0.231. The van der Waals surface area contributed by atoms with Gasteiger partial charge in [-0.25, -0.2) is 5.43 Å². The molecule has 0 bridgehead atoms. The zero-order chi connectivity index (χ0) is 12.4. The number of nitrogens with one attached hydrogen (secondary N) is 1. The van der Waals surface area contributed by atoms with Crippen molar-refractivity contribution in [2.45, 2.75) is 19.9 Å². The third-order valence-electron chi connectivity index (χ3n) is 2.83. The minimum absolute atomic E-state index is 0.0784. The van der Waals surface area contributed by atoms with Crippen LogP contribution in [-0.2, 0) is 0 Å². The van der Waals surface area contributed by atoms with Crippen molar-refractivity contribution < 1.29 is 0 Å². The van der Waals surface area contributed by atoms with Crippen LogP contribution in [0.5, 0.6) is 0 Å². The van der Waals surface area contributed by atoms with Gasteiger partial charge in [0, 0.05) is 0 Å². The lowest BCUT2D eigenvalue weighted by molar-refractivity contribution is 0.635. The standard InChI is InChI=1S/C13H15IN2S/c1-8-3-4-9(2)11(5-8)13(16-15)10-6-12(14)17-7-10/h3-7,13,16H,15H2,1-2H3. The lowest BCUT2D eigenvalue weighted by Gasteiger charge is -2.18. The molecule has 0 radical (unpaired) electrons. The number of rotatable bonds is 3. The average molecular weight is 358 g/mol. The van der Waals surface area contributed by atoms with Crippen LogP contribution in [0.25, 0.3) is 0 Å². The van der Waals surface area contributed by atoms with Crippen LogP contribution in [-0.4, -0.2) is 0 Å². The number of aryl methyl sites for hydroxylation is 2. The molecule has 0 spiro atoms. The van der Waals surface area contributed by atoms with Crippen LogP contribution in [0.15, 0.2) is 29.6 Å². The molecule has 0 amide bonds. The predicted molar refractivity (Wildman–Crippen MR) is 82.1 cm³/mol. The monoisotopic (exact) mass is 358 g/mol. The molecule has 1 aromatic heterocycles. The summed E-state index contributed by atoms with van der Waals surface area (Å²) in [5.74, 6) is 5.72.